The Morgan fingerprint density at radius 3 is 1.70 bits per heavy atom. The van der Waals surface area contributed by atoms with Crippen LogP contribution in [0.3, 0.4) is 0 Å². The average molecular weight is 447 g/mol. The standard InChI is InChI=1S/C25H36AsCl/c1-5-6-7-8-9-10-17-22-26(27,25(2,3)4,23-18-13-11-14-19-23)24-20-15-12-16-21-24/h9-16,18-21H,5-8,17,22H2,1-4H3/b10-9-. The van der Waals surface area contributed by atoms with Crippen LogP contribution in [-0.2, 0) is 0 Å². The van der Waals surface area contributed by atoms with Crippen LogP contribution in [0.2, 0.25) is 9.41 Å². The molecule has 0 amide bonds. The van der Waals surface area contributed by atoms with E-state index in [-0.39, 0.29) is 4.20 Å². The van der Waals surface area contributed by atoms with E-state index in [4.69, 9.17) is 9.95 Å². The minimum atomic E-state index is -3.62. The fourth-order valence-corrected chi connectivity index (χ4v) is 16.8. The van der Waals surface area contributed by atoms with Gasteiger partial charge in [-0.15, -0.1) is 0 Å². The van der Waals surface area contributed by atoms with Gasteiger partial charge in [0.25, 0.3) is 0 Å². The van der Waals surface area contributed by atoms with Gasteiger partial charge in [-0.25, -0.2) is 0 Å². The van der Waals surface area contributed by atoms with Gasteiger partial charge in [-0.2, -0.15) is 0 Å². The molecule has 2 heteroatoms. The van der Waals surface area contributed by atoms with E-state index in [2.05, 4.69) is 101 Å². The SMILES string of the molecule is CCCCC/C=C\CC[As](Cl)(c1ccccc1)(c1ccccc1)C(C)(C)C. The van der Waals surface area contributed by atoms with Gasteiger partial charge in [0.1, 0.15) is 0 Å². The average Bonchev–Trinajstić information content (AvgIpc) is 2.67. The summed E-state index contributed by atoms with van der Waals surface area (Å²) >= 11 is -3.62. The van der Waals surface area contributed by atoms with Crippen molar-refractivity contribution in [3.8, 4) is 0 Å². The van der Waals surface area contributed by atoms with E-state index in [1.165, 1.54) is 34.4 Å². The first kappa shape index (κ1) is 22.3. The van der Waals surface area contributed by atoms with Crippen LogP contribution in [0.15, 0.2) is 72.8 Å². The number of hydrogen-bond donors (Lipinski definition) is 0. The molecule has 2 aromatic rings. The molecular formula is C25H36AsCl. The first-order chi connectivity index (χ1) is 12.8. The van der Waals surface area contributed by atoms with Crippen molar-refractivity contribution in [1.29, 1.82) is 0 Å². The van der Waals surface area contributed by atoms with Gasteiger partial charge in [0.05, 0.1) is 0 Å². The van der Waals surface area contributed by atoms with Crippen molar-refractivity contribution in [2.45, 2.75) is 69.2 Å². The molecule has 2 aromatic carbocycles. The molecule has 0 unspecified atom stereocenters. The predicted molar refractivity (Wildman–Crippen MR) is 126 cm³/mol. The van der Waals surface area contributed by atoms with Crippen LogP contribution in [0.1, 0.15) is 59.8 Å². The molecule has 0 aliphatic carbocycles. The van der Waals surface area contributed by atoms with E-state index < -0.39 is 11.5 Å². The molecule has 0 fully saturated rings. The molecule has 0 aliphatic heterocycles. The van der Waals surface area contributed by atoms with Gasteiger partial charge in [-0.3, -0.25) is 0 Å². The number of rotatable bonds is 9. The number of benzene rings is 2. The third kappa shape index (κ3) is 4.55. The fourth-order valence-electron chi connectivity index (χ4n) is 4.06. The molecule has 0 bridgehead atoms. The molecule has 0 N–H and O–H groups in total. The summed E-state index contributed by atoms with van der Waals surface area (Å²) in [7, 11) is 8.03. The van der Waals surface area contributed by atoms with Crippen molar-refractivity contribution in [2.24, 2.45) is 0 Å². The summed E-state index contributed by atoms with van der Waals surface area (Å²) < 4.78 is 2.73. The Bertz CT molecular complexity index is 673. The second-order valence-electron chi connectivity index (χ2n) is 8.50. The molecule has 148 valence electrons. The van der Waals surface area contributed by atoms with E-state index in [1.54, 1.807) is 0 Å². The van der Waals surface area contributed by atoms with Crippen LogP contribution in [0.5, 0.6) is 0 Å². The van der Waals surface area contributed by atoms with Crippen LogP contribution in [-0.4, -0.2) is 11.5 Å². The van der Waals surface area contributed by atoms with Gasteiger partial charge in [0, 0.05) is 0 Å². The molecule has 0 aliphatic rings. The first-order valence-corrected chi connectivity index (χ1v) is 16.9. The maximum atomic E-state index is 8.03. The Kier molecular flexibility index (Phi) is 7.84. The maximum absolute atomic E-state index is 8.03. The van der Waals surface area contributed by atoms with E-state index in [0.717, 1.165) is 11.6 Å². The monoisotopic (exact) mass is 446 g/mol. The summed E-state index contributed by atoms with van der Waals surface area (Å²) in [6.45, 7) is 9.29. The van der Waals surface area contributed by atoms with E-state index >= 15 is 0 Å². The number of allylic oxidation sites excluding steroid dienone is 2. The Hall–Kier alpha value is -0.972. The molecule has 0 atom stereocenters. The molecular weight excluding hydrogens is 411 g/mol. The molecule has 0 saturated carbocycles. The zero-order chi connectivity index (χ0) is 19.8. The first-order valence-electron chi connectivity index (χ1n) is 10.3. The molecule has 0 heterocycles. The predicted octanol–water partition coefficient (Wildman–Crippen LogP) is 7.27. The summed E-state index contributed by atoms with van der Waals surface area (Å²) in [4.78, 5) is 0. The van der Waals surface area contributed by atoms with Crippen molar-refractivity contribution in [2.75, 3.05) is 0 Å². The van der Waals surface area contributed by atoms with Crippen LogP contribution < -0.4 is 8.70 Å². The van der Waals surface area contributed by atoms with Crippen molar-refractivity contribution in [1.82, 2.24) is 0 Å². The second-order valence-corrected chi connectivity index (χ2v) is 23.3. The van der Waals surface area contributed by atoms with Gasteiger partial charge >= 0.3 is 172 Å². The van der Waals surface area contributed by atoms with Gasteiger partial charge in [-0.05, 0) is 0 Å². The number of hydrogen-bond acceptors (Lipinski definition) is 0. The molecule has 0 nitrogen and oxygen atoms in total. The van der Waals surface area contributed by atoms with Crippen molar-refractivity contribution in [3.05, 3.63) is 72.8 Å². The van der Waals surface area contributed by atoms with Crippen molar-refractivity contribution < 1.29 is 0 Å². The number of halogens is 1. The molecule has 2 rings (SSSR count). The van der Waals surface area contributed by atoms with E-state index in [0.29, 0.717) is 0 Å². The van der Waals surface area contributed by atoms with Gasteiger partial charge in [-0.1, -0.05) is 0 Å². The van der Waals surface area contributed by atoms with E-state index in [9.17, 15) is 0 Å². The minimum absolute atomic E-state index is 0.0128. The normalized spacial score (nSPS) is 14.2. The topological polar surface area (TPSA) is 0 Å². The molecule has 0 aromatic heterocycles. The van der Waals surface area contributed by atoms with Gasteiger partial charge in [0.15, 0.2) is 0 Å². The van der Waals surface area contributed by atoms with Crippen LogP contribution in [0.25, 0.3) is 0 Å². The summed E-state index contributed by atoms with van der Waals surface area (Å²) in [6, 6.07) is 21.8. The Morgan fingerprint density at radius 1 is 0.778 bits per heavy atom. The van der Waals surface area contributed by atoms with E-state index in [1.807, 2.05) is 0 Å². The van der Waals surface area contributed by atoms with Crippen LogP contribution >= 0.6 is 9.95 Å². The summed E-state index contributed by atoms with van der Waals surface area (Å²) in [6.07, 6.45) is 10.8. The summed E-state index contributed by atoms with van der Waals surface area (Å²) in [5, 5.41) is 1.04. The van der Waals surface area contributed by atoms with Gasteiger partial charge < -0.3 is 0 Å². The molecule has 0 spiro atoms. The molecule has 27 heavy (non-hydrogen) atoms. The Labute approximate surface area is 171 Å². The summed E-state index contributed by atoms with van der Waals surface area (Å²) in [5.41, 5.74) is 0. The Morgan fingerprint density at radius 2 is 1.26 bits per heavy atom. The Balaban J connectivity index is 2.45. The van der Waals surface area contributed by atoms with Crippen molar-refractivity contribution in [3.63, 3.8) is 0 Å². The second kappa shape index (κ2) is 9.49. The molecule has 0 radical (unpaired) electrons. The number of unbranched alkanes of at least 4 members (excludes halogenated alkanes) is 3. The van der Waals surface area contributed by atoms with Gasteiger partial charge in [0.2, 0.25) is 0 Å². The quantitative estimate of drug-likeness (QED) is 0.216. The third-order valence-corrected chi connectivity index (χ3v) is 25.3. The van der Waals surface area contributed by atoms with Crippen LogP contribution in [0, 0.1) is 0 Å². The third-order valence-electron chi connectivity index (χ3n) is 5.84. The zero-order valence-electron chi connectivity index (χ0n) is 17.5. The van der Waals surface area contributed by atoms with Crippen LogP contribution in [0.4, 0.5) is 0 Å². The van der Waals surface area contributed by atoms with Crippen molar-refractivity contribution >= 4 is 30.2 Å². The molecule has 0 saturated heterocycles. The summed E-state index contributed by atoms with van der Waals surface area (Å²) in [5.74, 6) is 0. The zero-order valence-corrected chi connectivity index (χ0v) is 20.1. The fraction of sp³-hybridized carbons (Fsp3) is 0.440.